The van der Waals surface area contributed by atoms with Crippen molar-refractivity contribution in [2.45, 2.75) is 18.9 Å². The summed E-state index contributed by atoms with van der Waals surface area (Å²) in [6.45, 7) is 5.24. The van der Waals surface area contributed by atoms with Crippen molar-refractivity contribution in [2.75, 3.05) is 53.6 Å². The number of ether oxygens (including phenoxy) is 3. The maximum atomic E-state index is 12.4. The Morgan fingerprint density at radius 1 is 1.19 bits per heavy atom. The molecule has 2 saturated heterocycles. The summed E-state index contributed by atoms with van der Waals surface area (Å²) in [4.78, 5) is 16.7. The molecule has 142 valence electrons. The molecule has 0 aliphatic carbocycles. The molecule has 2 heterocycles. The first-order valence-corrected chi connectivity index (χ1v) is 9.22. The van der Waals surface area contributed by atoms with Gasteiger partial charge in [-0.2, -0.15) is 0 Å². The topological polar surface area (TPSA) is 51.2 Å². The minimum Gasteiger partial charge on any atom is -0.493 e. The first-order chi connectivity index (χ1) is 12.7. The van der Waals surface area contributed by atoms with E-state index < -0.39 is 0 Å². The Bertz CT molecular complexity index is 633. The number of benzene rings is 1. The molecule has 3 rings (SSSR count). The van der Waals surface area contributed by atoms with E-state index >= 15 is 0 Å². The molecule has 0 aromatic heterocycles. The predicted octanol–water partition coefficient (Wildman–Crippen LogP) is 2.04. The number of piperazine rings is 1. The molecule has 0 saturated carbocycles. The van der Waals surface area contributed by atoms with Gasteiger partial charge in [0.1, 0.15) is 0 Å². The lowest BCUT2D eigenvalue weighted by Gasteiger charge is -2.35. The molecule has 0 spiro atoms. The van der Waals surface area contributed by atoms with Gasteiger partial charge in [0.15, 0.2) is 11.5 Å². The zero-order chi connectivity index (χ0) is 18.4. The van der Waals surface area contributed by atoms with Gasteiger partial charge in [0.25, 0.3) is 0 Å². The minimum atomic E-state index is 0.0524. The maximum absolute atomic E-state index is 12.4. The summed E-state index contributed by atoms with van der Waals surface area (Å²) in [6, 6.07) is 5.61. The fourth-order valence-electron chi connectivity index (χ4n) is 3.46. The normalized spacial score (nSPS) is 21.3. The largest absolute Gasteiger partial charge is 0.493 e. The number of amides is 1. The number of methoxy groups -OCH3 is 2. The summed E-state index contributed by atoms with van der Waals surface area (Å²) in [5.74, 6) is 1.39. The lowest BCUT2D eigenvalue weighted by atomic mass is 10.1. The van der Waals surface area contributed by atoms with Crippen LogP contribution in [0.3, 0.4) is 0 Å². The van der Waals surface area contributed by atoms with Gasteiger partial charge in [0, 0.05) is 45.4 Å². The summed E-state index contributed by atoms with van der Waals surface area (Å²) in [5.41, 5.74) is 0.910. The summed E-state index contributed by atoms with van der Waals surface area (Å²) in [6.07, 6.45) is 6.17. The van der Waals surface area contributed by atoms with E-state index in [2.05, 4.69) is 4.90 Å². The van der Waals surface area contributed by atoms with Crippen molar-refractivity contribution in [3.05, 3.63) is 29.8 Å². The van der Waals surface area contributed by atoms with Gasteiger partial charge in [-0.1, -0.05) is 6.07 Å². The van der Waals surface area contributed by atoms with Crippen molar-refractivity contribution in [2.24, 2.45) is 0 Å². The van der Waals surface area contributed by atoms with E-state index in [9.17, 15) is 4.79 Å². The summed E-state index contributed by atoms with van der Waals surface area (Å²) < 4.78 is 16.2. The molecule has 2 aliphatic heterocycles. The molecule has 6 heteroatoms. The fourth-order valence-corrected chi connectivity index (χ4v) is 3.46. The molecular weight excluding hydrogens is 332 g/mol. The Morgan fingerprint density at radius 2 is 1.96 bits per heavy atom. The van der Waals surface area contributed by atoms with Crippen LogP contribution in [0.4, 0.5) is 0 Å². The number of rotatable bonds is 6. The number of hydrogen-bond acceptors (Lipinski definition) is 5. The minimum absolute atomic E-state index is 0.0524. The Morgan fingerprint density at radius 3 is 2.62 bits per heavy atom. The summed E-state index contributed by atoms with van der Waals surface area (Å²) in [7, 11) is 3.21. The number of carbonyl (C=O) groups is 1. The second-order valence-electron chi connectivity index (χ2n) is 6.71. The van der Waals surface area contributed by atoms with E-state index in [1.165, 1.54) is 6.42 Å². The highest BCUT2D eigenvalue weighted by Crippen LogP contribution is 2.28. The monoisotopic (exact) mass is 360 g/mol. The first-order valence-electron chi connectivity index (χ1n) is 9.22. The molecule has 0 bridgehead atoms. The second-order valence-corrected chi connectivity index (χ2v) is 6.71. The van der Waals surface area contributed by atoms with Gasteiger partial charge in [-0.25, -0.2) is 0 Å². The lowest BCUT2D eigenvalue weighted by Crippen LogP contribution is -2.50. The van der Waals surface area contributed by atoms with E-state index in [0.717, 1.165) is 51.3 Å². The van der Waals surface area contributed by atoms with E-state index in [-0.39, 0.29) is 5.91 Å². The van der Waals surface area contributed by atoms with Crippen molar-refractivity contribution in [1.82, 2.24) is 9.80 Å². The standard InChI is InChI=1S/C20H28N2O4/c1-24-18-7-5-16(14-19(18)25-2)6-8-20(23)22-11-9-21(10-12-22)15-17-4-3-13-26-17/h5-8,14,17H,3-4,9-13,15H2,1-2H3/b8-6+. The van der Waals surface area contributed by atoms with Gasteiger partial charge >= 0.3 is 0 Å². The predicted molar refractivity (Wildman–Crippen MR) is 101 cm³/mol. The van der Waals surface area contributed by atoms with Crippen LogP contribution in [0.1, 0.15) is 18.4 Å². The molecule has 6 nitrogen and oxygen atoms in total. The SMILES string of the molecule is COc1ccc(/C=C/C(=O)N2CCN(CC3CCCO3)CC2)cc1OC. The first kappa shape index (κ1) is 18.7. The van der Waals surface area contributed by atoms with Crippen LogP contribution < -0.4 is 9.47 Å². The summed E-state index contributed by atoms with van der Waals surface area (Å²) in [5, 5.41) is 0. The van der Waals surface area contributed by atoms with Crippen LogP contribution in [0.25, 0.3) is 6.08 Å². The van der Waals surface area contributed by atoms with Gasteiger partial charge in [-0.3, -0.25) is 9.69 Å². The maximum Gasteiger partial charge on any atom is 0.246 e. The van der Waals surface area contributed by atoms with Gasteiger partial charge < -0.3 is 19.1 Å². The molecule has 0 radical (unpaired) electrons. The van der Waals surface area contributed by atoms with Crippen LogP contribution >= 0.6 is 0 Å². The highest BCUT2D eigenvalue weighted by Gasteiger charge is 2.24. The second kappa shape index (κ2) is 9.05. The molecule has 26 heavy (non-hydrogen) atoms. The smallest absolute Gasteiger partial charge is 0.246 e. The quantitative estimate of drug-likeness (QED) is 0.727. The third kappa shape index (κ3) is 4.77. The Labute approximate surface area is 155 Å². The van der Waals surface area contributed by atoms with Gasteiger partial charge in [-0.05, 0) is 36.6 Å². The van der Waals surface area contributed by atoms with Crippen LogP contribution in [0, 0.1) is 0 Å². The van der Waals surface area contributed by atoms with Gasteiger partial charge in [0.05, 0.1) is 20.3 Å². The average molecular weight is 360 g/mol. The highest BCUT2D eigenvalue weighted by atomic mass is 16.5. The van der Waals surface area contributed by atoms with Crippen molar-refractivity contribution in [1.29, 1.82) is 0 Å². The van der Waals surface area contributed by atoms with E-state index in [1.807, 2.05) is 29.2 Å². The van der Waals surface area contributed by atoms with Crippen molar-refractivity contribution >= 4 is 12.0 Å². The van der Waals surface area contributed by atoms with Crippen LogP contribution in [0.5, 0.6) is 11.5 Å². The average Bonchev–Trinajstić information content (AvgIpc) is 3.19. The molecule has 1 aromatic rings. The Kier molecular flexibility index (Phi) is 6.52. The van der Waals surface area contributed by atoms with Crippen molar-refractivity contribution in [3.8, 4) is 11.5 Å². The number of nitrogens with zero attached hydrogens (tertiary/aromatic N) is 2. The third-order valence-corrected chi connectivity index (χ3v) is 5.00. The zero-order valence-corrected chi connectivity index (χ0v) is 15.6. The van der Waals surface area contributed by atoms with Crippen LogP contribution in [-0.4, -0.2) is 75.4 Å². The molecule has 1 aromatic carbocycles. The number of carbonyl (C=O) groups excluding carboxylic acids is 1. The van der Waals surface area contributed by atoms with Crippen LogP contribution in [0.2, 0.25) is 0 Å². The summed E-state index contributed by atoms with van der Waals surface area (Å²) >= 11 is 0. The van der Waals surface area contributed by atoms with Crippen LogP contribution in [0.15, 0.2) is 24.3 Å². The number of hydrogen-bond donors (Lipinski definition) is 0. The molecule has 1 atom stereocenters. The van der Waals surface area contributed by atoms with E-state index in [1.54, 1.807) is 20.3 Å². The highest BCUT2D eigenvalue weighted by molar-refractivity contribution is 5.92. The van der Waals surface area contributed by atoms with E-state index in [4.69, 9.17) is 14.2 Å². The molecular formula is C20H28N2O4. The van der Waals surface area contributed by atoms with Crippen LogP contribution in [-0.2, 0) is 9.53 Å². The van der Waals surface area contributed by atoms with E-state index in [0.29, 0.717) is 17.6 Å². The van der Waals surface area contributed by atoms with Crippen molar-refractivity contribution < 1.29 is 19.0 Å². The molecule has 0 N–H and O–H groups in total. The lowest BCUT2D eigenvalue weighted by molar-refractivity contribution is -0.127. The van der Waals surface area contributed by atoms with Gasteiger partial charge in [-0.15, -0.1) is 0 Å². The van der Waals surface area contributed by atoms with Crippen molar-refractivity contribution in [3.63, 3.8) is 0 Å². The Hall–Kier alpha value is -2.05. The van der Waals surface area contributed by atoms with Gasteiger partial charge in [0.2, 0.25) is 5.91 Å². The zero-order valence-electron chi connectivity index (χ0n) is 15.6. The molecule has 2 fully saturated rings. The molecule has 1 amide bonds. The molecule has 2 aliphatic rings. The fraction of sp³-hybridized carbons (Fsp3) is 0.550. The molecule has 1 unspecified atom stereocenters. The Balaban J connectivity index is 1.50. The third-order valence-electron chi connectivity index (χ3n) is 5.00.